The summed E-state index contributed by atoms with van der Waals surface area (Å²) >= 11 is 0. The molecular weight excluding hydrogens is 422 g/mol. The maximum atomic E-state index is 8.37. The standard InChI is InChI=1S/C21H46N.C7H5N4O/c1-5-6-7-8-9-10-11-12-13-14-15-16-17-18-19-20-21-22(2,3)4;1-2-12-7(11-5-10)6(3-8)4-9/h5-21H2,1-4H3;2H2,1H3/q+1;-1. The molecule has 0 atom stereocenters. The molecule has 34 heavy (non-hydrogen) atoms. The van der Waals surface area contributed by atoms with E-state index in [1.54, 1.807) is 18.9 Å². The number of nitrogens with zero attached hydrogens (tertiary/aromatic N) is 5. The van der Waals surface area contributed by atoms with Crippen LogP contribution < -0.4 is 0 Å². The highest BCUT2D eigenvalue weighted by Gasteiger charge is 2.05. The fourth-order valence-electron chi connectivity index (χ4n) is 3.60. The van der Waals surface area contributed by atoms with Crippen LogP contribution in [0.15, 0.2) is 10.6 Å². The molecule has 0 radical (unpaired) electrons. The molecule has 0 spiro atoms. The van der Waals surface area contributed by atoms with E-state index in [4.69, 9.17) is 20.7 Å². The van der Waals surface area contributed by atoms with E-state index < -0.39 is 0 Å². The number of nitriles is 2. The molecule has 0 bridgehead atoms. The smallest absolute Gasteiger partial charge is 0.248 e. The Labute approximate surface area is 210 Å². The van der Waals surface area contributed by atoms with Crippen molar-refractivity contribution in [3.63, 3.8) is 0 Å². The summed E-state index contributed by atoms with van der Waals surface area (Å²) in [4.78, 5) is 3.17. The van der Waals surface area contributed by atoms with Gasteiger partial charge in [-0.25, -0.2) is 5.87 Å². The Bertz CT molecular complexity index is 631. The first-order valence-electron chi connectivity index (χ1n) is 13.4. The molecule has 0 rings (SSSR count). The van der Waals surface area contributed by atoms with Crippen molar-refractivity contribution < 1.29 is 9.22 Å². The maximum absolute atomic E-state index is 8.37. The van der Waals surface area contributed by atoms with Crippen LogP contribution >= 0.6 is 0 Å². The topological polar surface area (TPSA) is 91.5 Å². The van der Waals surface area contributed by atoms with Crippen LogP contribution in [0.1, 0.15) is 117 Å². The molecule has 0 aliphatic rings. The van der Waals surface area contributed by atoms with Gasteiger partial charge >= 0.3 is 0 Å². The fourth-order valence-corrected chi connectivity index (χ4v) is 3.60. The van der Waals surface area contributed by atoms with Crippen molar-refractivity contribution >= 4 is 11.8 Å². The van der Waals surface area contributed by atoms with Gasteiger partial charge in [0.1, 0.15) is 11.6 Å². The molecule has 0 aliphatic heterocycles. The van der Waals surface area contributed by atoms with Gasteiger partial charge in [-0.2, -0.15) is 10.5 Å². The number of aliphatic imine (C=N–C) groups is 1. The summed E-state index contributed by atoms with van der Waals surface area (Å²) in [5, 5.41) is 24.9. The van der Waals surface area contributed by atoms with Crippen molar-refractivity contribution in [2.24, 2.45) is 4.99 Å². The summed E-state index contributed by atoms with van der Waals surface area (Å²) in [6.07, 6.45) is 24.8. The monoisotopic (exact) mass is 473 g/mol. The molecule has 6 nitrogen and oxygen atoms in total. The van der Waals surface area contributed by atoms with Crippen LogP contribution in [0.2, 0.25) is 0 Å². The lowest BCUT2D eigenvalue weighted by atomic mass is 10.0. The minimum Gasteiger partial charge on any atom is -0.762 e. The van der Waals surface area contributed by atoms with E-state index in [1.807, 2.05) is 0 Å². The van der Waals surface area contributed by atoms with E-state index in [0.29, 0.717) is 0 Å². The van der Waals surface area contributed by atoms with Crippen molar-refractivity contribution in [3.05, 3.63) is 11.0 Å². The predicted molar refractivity (Wildman–Crippen MR) is 145 cm³/mol. The lowest BCUT2D eigenvalue weighted by molar-refractivity contribution is -0.870. The predicted octanol–water partition coefficient (Wildman–Crippen LogP) is 7.55. The van der Waals surface area contributed by atoms with Gasteiger partial charge in [-0.15, -0.1) is 4.99 Å². The Morgan fingerprint density at radius 3 is 1.44 bits per heavy atom. The summed E-state index contributed by atoms with van der Waals surface area (Å²) in [5.41, 5.74) is -0.293. The summed E-state index contributed by atoms with van der Waals surface area (Å²) in [6.45, 7) is 5.55. The molecule has 194 valence electrons. The van der Waals surface area contributed by atoms with E-state index >= 15 is 0 Å². The second kappa shape index (κ2) is 25.5. The highest BCUT2D eigenvalue weighted by Crippen LogP contribution is 2.13. The van der Waals surface area contributed by atoms with Gasteiger partial charge < -0.3 is 14.6 Å². The Hall–Kier alpha value is -2.14. The van der Waals surface area contributed by atoms with Crippen LogP contribution in [0, 0.1) is 22.8 Å². The summed E-state index contributed by atoms with van der Waals surface area (Å²) in [6, 6.07) is 1.57. The molecular formula is C28H51N5O. The van der Waals surface area contributed by atoms with E-state index in [9.17, 15) is 0 Å². The number of unbranched alkanes of at least 4 members (excludes halogenated alkanes) is 15. The largest absolute Gasteiger partial charge is 0.762 e. The molecule has 0 fully saturated rings. The second-order valence-corrected chi connectivity index (χ2v) is 9.87. The third-order valence-electron chi connectivity index (χ3n) is 5.55. The number of quaternary nitrogens is 1. The van der Waals surface area contributed by atoms with Gasteiger partial charge in [0.25, 0.3) is 0 Å². The maximum Gasteiger partial charge on any atom is 0.248 e. The molecule has 0 aromatic heterocycles. The summed E-state index contributed by atoms with van der Waals surface area (Å²) in [7, 11) is 6.89. The van der Waals surface area contributed by atoms with Crippen molar-refractivity contribution in [1.29, 1.82) is 10.5 Å². The fraction of sp³-hybridized carbons (Fsp3) is 0.821. The van der Waals surface area contributed by atoms with Gasteiger partial charge in [-0.1, -0.05) is 96.8 Å². The summed E-state index contributed by atoms with van der Waals surface area (Å²) in [5.74, 6) is 1.35. The third kappa shape index (κ3) is 26.1. The minimum absolute atomic E-state index is 0.218. The number of ether oxygens (including phenoxy) is 1. The Morgan fingerprint density at radius 1 is 0.735 bits per heavy atom. The lowest BCUT2D eigenvalue weighted by Crippen LogP contribution is -2.35. The van der Waals surface area contributed by atoms with Crippen molar-refractivity contribution in [1.82, 2.24) is 0 Å². The SMILES string of the molecule is CCCCCCCCCCCCCCCCCC[N+](C)(C)C.CCOC(=NC#N)C(=C=[N-])C#N. The van der Waals surface area contributed by atoms with Gasteiger partial charge in [0.05, 0.1) is 34.3 Å². The van der Waals surface area contributed by atoms with E-state index in [2.05, 4.69) is 33.1 Å². The van der Waals surface area contributed by atoms with Crippen LogP contribution in [0.4, 0.5) is 0 Å². The second-order valence-electron chi connectivity index (χ2n) is 9.87. The van der Waals surface area contributed by atoms with Gasteiger partial charge in [0.2, 0.25) is 12.1 Å². The quantitative estimate of drug-likeness (QED) is 0.0484. The van der Waals surface area contributed by atoms with Gasteiger partial charge in [0, 0.05) is 0 Å². The van der Waals surface area contributed by atoms with Crippen LogP contribution in [0.5, 0.6) is 0 Å². The normalized spacial score (nSPS) is 11.0. The molecule has 0 amide bonds. The Balaban J connectivity index is 0. The van der Waals surface area contributed by atoms with Gasteiger partial charge in [0.15, 0.2) is 0 Å². The van der Waals surface area contributed by atoms with E-state index in [-0.39, 0.29) is 18.1 Å². The molecule has 0 saturated heterocycles. The average Bonchev–Trinajstić information content (AvgIpc) is 2.79. The number of hydrogen-bond acceptors (Lipinski definition) is 4. The molecule has 0 aromatic carbocycles. The number of hydrogen-bond donors (Lipinski definition) is 0. The zero-order valence-electron chi connectivity index (χ0n) is 22.9. The molecule has 0 saturated carbocycles. The number of rotatable bonds is 19. The average molecular weight is 474 g/mol. The molecule has 0 unspecified atom stereocenters. The highest BCUT2D eigenvalue weighted by molar-refractivity contribution is 6.06. The zero-order valence-corrected chi connectivity index (χ0v) is 22.9. The van der Waals surface area contributed by atoms with Crippen molar-refractivity contribution in [2.45, 2.75) is 117 Å². The third-order valence-corrected chi connectivity index (χ3v) is 5.55. The summed E-state index contributed by atoms with van der Waals surface area (Å²) < 4.78 is 5.90. The highest BCUT2D eigenvalue weighted by atomic mass is 16.5. The van der Waals surface area contributed by atoms with Crippen LogP contribution in [-0.4, -0.2) is 50.5 Å². The first-order chi connectivity index (χ1) is 16.4. The van der Waals surface area contributed by atoms with E-state index in [0.717, 1.165) is 4.48 Å². The van der Waals surface area contributed by atoms with Crippen molar-refractivity contribution in [3.8, 4) is 12.3 Å². The molecule has 6 heteroatoms. The van der Waals surface area contributed by atoms with Gasteiger partial charge in [-0.3, -0.25) is 0 Å². The molecule has 0 N–H and O–H groups in total. The minimum atomic E-state index is -0.293. The molecule has 0 aromatic rings. The van der Waals surface area contributed by atoms with E-state index in [1.165, 1.54) is 115 Å². The van der Waals surface area contributed by atoms with Crippen LogP contribution in [0.25, 0.3) is 5.41 Å². The lowest BCUT2D eigenvalue weighted by Gasteiger charge is -2.23. The first-order valence-corrected chi connectivity index (χ1v) is 13.4. The van der Waals surface area contributed by atoms with Crippen LogP contribution in [0.3, 0.4) is 0 Å². The first kappa shape index (κ1) is 34.0. The zero-order chi connectivity index (χ0) is 25.9. The Kier molecular flexibility index (Phi) is 25.5. The van der Waals surface area contributed by atoms with Crippen molar-refractivity contribution in [2.75, 3.05) is 34.3 Å². The van der Waals surface area contributed by atoms with Crippen LogP contribution in [-0.2, 0) is 4.74 Å². The Morgan fingerprint density at radius 2 is 1.15 bits per heavy atom. The van der Waals surface area contributed by atoms with Gasteiger partial charge in [-0.05, 0) is 19.8 Å². The molecule has 0 aliphatic carbocycles. The molecule has 0 heterocycles.